The van der Waals surface area contributed by atoms with E-state index in [2.05, 4.69) is 15.6 Å². The summed E-state index contributed by atoms with van der Waals surface area (Å²) < 4.78 is 10.9. The molecule has 0 unspecified atom stereocenters. The van der Waals surface area contributed by atoms with Crippen LogP contribution in [0.3, 0.4) is 0 Å². The van der Waals surface area contributed by atoms with Crippen LogP contribution < -0.4 is 15.4 Å². The molecule has 1 fully saturated rings. The number of carbonyl (C=O) groups excluding carboxylic acids is 3. The lowest BCUT2D eigenvalue weighted by atomic mass is 10.00. The average molecular weight is 565 g/mol. The van der Waals surface area contributed by atoms with Gasteiger partial charge in [0.15, 0.2) is 12.1 Å². The van der Waals surface area contributed by atoms with E-state index in [9.17, 15) is 14.4 Å². The van der Waals surface area contributed by atoms with Crippen molar-refractivity contribution in [3.8, 4) is 5.75 Å². The monoisotopic (exact) mass is 564 g/mol. The topological polar surface area (TPSA) is 110 Å². The second kappa shape index (κ2) is 13.0. The highest BCUT2D eigenvalue weighted by atomic mass is 16.6. The van der Waals surface area contributed by atoms with E-state index < -0.39 is 18.2 Å². The third-order valence-corrected chi connectivity index (χ3v) is 7.04. The Balaban J connectivity index is 1.33. The molecule has 2 atom stereocenters. The molecule has 0 aliphatic carbocycles. The molecule has 42 heavy (non-hydrogen) atoms. The summed E-state index contributed by atoms with van der Waals surface area (Å²) in [4.78, 5) is 45.2. The molecule has 2 N–H and O–H groups in total. The Labute approximate surface area is 244 Å². The van der Waals surface area contributed by atoms with E-state index in [1.165, 1.54) is 4.90 Å². The Hall–Kier alpha value is -5.18. The SMILES string of the molecule is COc1ccc(C(=O)Nc2ccc([C@H]3OC(=O)N(Cc4cccc(C)c4)[C@H]3C(=O)NCCc3ccccn3)cc2)cc1. The Bertz CT molecular complexity index is 1540. The summed E-state index contributed by atoms with van der Waals surface area (Å²) >= 11 is 0. The number of hydrogen-bond donors (Lipinski definition) is 2. The van der Waals surface area contributed by atoms with E-state index in [1.807, 2.05) is 49.4 Å². The highest BCUT2D eigenvalue weighted by molar-refractivity contribution is 6.04. The first-order chi connectivity index (χ1) is 20.4. The zero-order chi connectivity index (χ0) is 29.5. The minimum Gasteiger partial charge on any atom is -0.497 e. The van der Waals surface area contributed by atoms with Crippen LogP contribution in [0, 0.1) is 6.92 Å². The Morgan fingerprint density at radius 3 is 2.45 bits per heavy atom. The third-order valence-electron chi connectivity index (χ3n) is 7.04. The van der Waals surface area contributed by atoms with Gasteiger partial charge in [-0.25, -0.2) is 4.79 Å². The number of nitrogens with one attached hydrogen (secondary N) is 2. The molecule has 214 valence electrons. The summed E-state index contributed by atoms with van der Waals surface area (Å²) in [5.41, 5.74) is 4.51. The number of benzene rings is 3. The predicted molar refractivity (Wildman–Crippen MR) is 158 cm³/mol. The molecule has 9 heteroatoms. The minimum atomic E-state index is -0.888. The maximum atomic E-state index is 13.6. The lowest BCUT2D eigenvalue weighted by Crippen LogP contribution is -2.46. The number of nitrogens with zero attached hydrogens (tertiary/aromatic N) is 2. The van der Waals surface area contributed by atoms with Crippen LogP contribution in [-0.4, -0.2) is 47.5 Å². The molecule has 3 aromatic carbocycles. The summed E-state index contributed by atoms with van der Waals surface area (Å²) in [5.74, 6) is 0.0762. The maximum Gasteiger partial charge on any atom is 0.411 e. The fourth-order valence-electron chi connectivity index (χ4n) is 4.88. The molecular weight excluding hydrogens is 532 g/mol. The van der Waals surface area contributed by atoms with Gasteiger partial charge in [0.2, 0.25) is 5.91 Å². The molecule has 0 saturated carbocycles. The molecule has 0 radical (unpaired) electrons. The van der Waals surface area contributed by atoms with E-state index in [0.29, 0.717) is 35.5 Å². The maximum absolute atomic E-state index is 13.6. The minimum absolute atomic E-state index is 0.228. The van der Waals surface area contributed by atoms with Gasteiger partial charge in [0.25, 0.3) is 5.91 Å². The predicted octanol–water partition coefficient (Wildman–Crippen LogP) is 5.07. The van der Waals surface area contributed by atoms with Gasteiger partial charge in [-0.2, -0.15) is 0 Å². The van der Waals surface area contributed by atoms with Crippen LogP contribution in [0.15, 0.2) is 97.2 Å². The van der Waals surface area contributed by atoms with Crippen LogP contribution in [0.25, 0.3) is 0 Å². The number of aryl methyl sites for hydroxylation is 1. The van der Waals surface area contributed by atoms with Gasteiger partial charge in [0.05, 0.1) is 13.7 Å². The van der Waals surface area contributed by atoms with Gasteiger partial charge in [-0.05, 0) is 66.6 Å². The molecule has 9 nitrogen and oxygen atoms in total. The van der Waals surface area contributed by atoms with Crippen molar-refractivity contribution in [2.45, 2.75) is 32.0 Å². The van der Waals surface area contributed by atoms with Crippen LogP contribution in [0.1, 0.15) is 38.8 Å². The van der Waals surface area contributed by atoms with Crippen LogP contribution in [0.4, 0.5) is 10.5 Å². The first-order valence-corrected chi connectivity index (χ1v) is 13.7. The smallest absolute Gasteiger partial charge is 0.411 e. The lowest BCUT2D eigenvalue weighted by Gasteiger charge is -2.24. The van der Waals surface area contributed by atoms with Crippen LogP contribution in [0.5, 0.6) is 5.75 Å². The molecule has 0 bridgehead atoms. The van der Waals surface area contributed by atoms with E-state index in [-0.39, 0.29) is 18.4 Å². The number of amides is 3. The van der Waals surface area contributed by atoms with Crippen molar-refractivity contribution in [1.29, 1.82) is 0 Å². The van der Waals surface area contributed by atoms with Crippen molar-refractivity contribution < 1.29 is 23.9 Å². The van der Waals surface area contributed by atoms with Crippen molar-refractivity contribution in [2.24, 2.45) is 0 Å². The van der Waals surface area contributed by atoms with E-state index in [4.69, 9.17) is 9.47 Å². The van der Waals surface area contributed by atoms with Gasteiger partial charge in [-0.15, -0.1) is 0 Å². The Morgan fingerprint density at radius 1 is 0.976 bits per heavy atom. The van der Waals surface area contributed by atoms with E-state index in [0.717, 1.165) is 16.8 Å². The highest BCUT2D eigenvalue weighted by Gasteiger charge is 2.46. The van der Waals surface area contributed by atoms with Gasteiger partial charge in [0, 0.05) is 36.1 Å². The fraction of sp³-hybridized carbons (Fsp3) is 0.212. The van der Waals surface area contributed by atoms with Gasteiger partial charge >= 0.3 is 6.09 Å². The number of pyridine rings is 1. The highest BCUT2D eigenvalue weighted by Crippen LogP contribution is 2.34. The molecule has 2 heterocycles. The molecule has 4 aromatic rings. The van der Waals surface area contributed by atoms with E-state index >= 15 is 0 Å². The standard InChI is InChI=1S/C33H32N4O5/c1-22-6-5-7-23(20-22)21-37-29(32(39)35-19-17-26-8-3-4-18-34-26)30(42-33(37)40)24-9-13-27(14-10-24)36-31(38)25-11-15-28(41-2)16-12-25/h3-16,18,20,29-30H,17,19,21H2,1-2H3,(H,35,39)(H,36,38)/t29-,30-/m1/s1. The number of aromatic nitrogens is 1. The van der Waals surface area contributed by atoms with Crippen molar-refractivity contribution in [1.82, 2.24) is 15.2 Å². The van der Waals surface area contributed by atoms with Crippen LogP contribution in [0.2, 0.25) is 0 Å². The molecule has 1 saturated heterocycles. The zero-order valence-corrected chi connectivity index (χ0v) is 23.4. The number of ether oxygens (including phenoxy) is 2. The van der Waals surface area contributed by atoms with Crippen molar-refractivity contribution in [3.63, 3.8) is 0 Å². The summed E-state index contributed by atoms with van der Waals surface area (Å²) in [7, 11) is 1.57. The Kier molecular flexibility index (Phi) is 8.77. The zero-order valence-electron chi connectivity index (χ0n) is 23.4. The van der Waals surface area contributed by atoms with E-state index in [1.54, 1.807) is 61.8 Å². The number of methoxy groups -OCH3 is 1. The van der Waals surface area contributed by atoms with Crippen molar-refractivity contribution in [2.75, 3.05) is 19.0 Å². The van der Waals surface area contributed by atoms with Crippen molar-refractivity contribution >= 4 is 23.6 Å². The first-order valence-electron chi connectivity index (χ1n) is 13.7. The molecule has 5 rings (SSSR count). The number of rotatable bonds is 10. The normalized spacial score (nSPS) is 16.0. The largest absolute Gasteiger partial charge is 0.497 e. The molecule has 1 aliphatic rings. The molecule has 1 aliphatic heterocycles. The number of carbonyl (C=O) groups is 3. The van der Waals surface area contributed by atoms with Crippen LogP contribution in [-0.2, 0) is 22.5 Å². The van der Waals surface area contributed by atoms with Crippen molar-refractivity contribution in [3.05, 3.63) is 125 Å². The summed E-state index contributed by atoms with van der Waals surface area (Å²) in [6.07, 6.45) is 0.870. The lowest BCUT2D eigenvalue weighted by molar-refractivity contribution is -0.126. The quantitative estimate of drug-likeness (QED) is 0.278. The van der Waals surface area contributed by atoms with Gasteiger partial charge in [-0.3, -0.25) is 19.5 Å². The third kappa shape index (κ3) is 6.75. The molecule has 1 aromatic heterocycles. The van der Waals surface area contributed by atoms with Crippen LogP contribution >= 0.6 is 0 Å². The fourth-order valence-corrected chi connectivity index (χ4v) is 4.88. The summed E-state index contributed by atoms with van der Waals surface area (Å²) in [6.45, 7) is 2.57. The number of hydrogen-bond acceptors (Lipinski definition) is 6. The second-order valence-corrected chi connectivity index (χ2v) is 10.0. The molecule has 3 amide bonds. The summed E-state index contributed by atoms with van der Waals surface area (Å²) in [6, 6.07) is 26.3. The number of anilines is 1. The Morgan fingerprint density at radius 2 is 1.76 bits per heavy atom. The van der Waals surface area contributed by atoms with Gasteiger partial charge < -0.3 is 20.1 Å². The summed E-state index contributed by atoms with van der Waals surface area (Å²) in [5, 5.41) is 5.83. The first kappa shape index (κ1) is 28.4. The molecular formula is C33H32N4O5. The average Bonchev–Trinajstić information content (AvgIpc) is 3.33. The second-order valence-electron chi connectivity index (χ2n) is 10.0. The number of cyclic esters (lactones) is 1. The van der Waals surface area contributed by atoms with Gasteiger partial charge in [-0.1, -0.05) is 48.0 Å². The van der Waals surface area contributed by atoms with Gasteiger partial charge in [0.1, 0.15) is 5.75 Å². The molecule has 0 spiro atoms.